The van der Waals surface area contributed by atoms with Gasteiger partial charge in [-0.25, -0.2) is 4.79 Å². The van der Waals surface area contributed by atoms with E-state index in [1.54, 1.807) is 11.9 Å². The van der Waals surface area contributed by atoms with Crippen LogP contribution in [0.25, 0.3) is 0 Å². The van der Waals surface area contributed by atoms with Gasteiger partial charge in [0.25, 0.3) is 5.91 Å². The van der Waals surface area contributed by atoms with Gasteiger partial charge < -0.3 is 19.9 Å². The number of carbonyl (C=O) groups excluding carboxylic acids is 2. The summed E-state index contributed by atoms with van der Waals surface area (Å²) in [4.78, 5) is 28.0. The van der Waals surface area contributed by atoms with Gasteiger partial charge in [0.1, 0.15) is 5.60 Å². The molecule has 1 atom stereocenters. The van der Waals surface area contributed by atoms with Crippen molar-refractivity contribution < 1.29 is 14.3 Å². The molecule has 2 amide bonds. The highest BCUT2D eigenvalue weighted by atomic mass is 16.6. The summed E-state index contributed by atoms with van der Waals surface area (Å²) in [6.45, 7) is 4.12. The molecule has 3 saturated heterocycles. The fourth-order valence-corrected chi connectivity index (χ4v) is 4.57. The summed E-state index contributed by atoms with van der Waals surface area (Å²) in [7, 11) is 1.76. The lowest BCUT2D eigenvalue weighted by molar-refractivity contribution is 0.00317. The monoisotopic (exact) mass is 371 g/mol. The molecule has 6 heteroatoms. The topological polar surface area (TPSA) is 61.9 Å². The zero-order valence-corrected chi connectivity index (χ0v) is 16.1. The van der Waals surface area contributed by atoms with E-state index >= 15 is 0 Å². The van der Waals surface area contributed by atoms with Crippen LogP contribution in [-0.2, 0) is 11.2 Å². The highest BCUT2D eigenvalue weighted by molar-refractivity contribution is 5.94. The molecule has 0 bridgehead atoms. The Balaban J connectivity index is 1.32. The Labute approximate surface area is 160 Å². The Bertz CT molecular complexity index is 689. The highest BCUT2D eigenvalue weighted by Crippen LogP contribution is 2.33. The number of piperidine rings is 2. The number of rotatable bonds is 3. The van der Waals surface area contributed by atoms with Crippen LogP contribution in [0.5, 0.6) is 0 Å². The van der Waals surface area contributed by atoms with Crippen molar-refractivity contribution in [1.82, 2.24) is 15.1 Å². The Kier molecular flexibility index (Phi) is 5.08. The molecule has 0 radical (unpaired) electrons. The van der Waals surface area contributed by atoms with E-state index in [4.69, 9.17) is 4.74 Å². The molecule has 0 aromatic heterocycles. The second-order valence-electron chi connectivity index (χ2n) is 8.31. The van der Waals surface area contributed by atoms with Crippen molar-refractivity contribution in [2.75, 3.05) is 39.8 Å². The molecular formula is C21H29N3O3. The van der Waals surface area contributed by atoms with E-state index in [1.807, 2.05) is 17.0 Å². The van der Waals surface area contributed by atoms with E-state index in [2.05, 4.69) is 17.4 Å². The van der Waals surface area contributed by atoms with Gasteiger partial charge in [-0.3, -0.25) is 4.79 Å². The number of hydrogen-bond acceptors (Lipinski definition) is 4. The normalized spacial score (nSPS) is 24.9. The summed E-state index contributed by atoms with van der Waals surface area (Å²) in [6.07, 6.45) is 4.78. The summed E-state index contributed by atoms with van der Waals surface area (Å²) in [5.41, 5.74) is 1.65. The molecule has 1 spiro atoms. The second-order valence-corrected chi connectivity index (χ2v) is 8.31. The maximum absolute atomic E-state index is 12.8. The van der Waals surface area contributed by atoms with Crippen LogP contribution < -0.4 is 5.32 Å². The van der Waals surface area contributed by atoms with Crippen LogP contribution in [-0.4, -0.2) is 67.2 Å². The van der Waals surface area contributed by atoms with E-state index in [-0.39, 0.29) is 12.0 Å². The maximum atomic E-state index is 12.8. The predicted octanol–water partition coefficient (Wildman–Crippen LogP) is 2.29. The summed E-state index contributed by atoms with van der Waals surface area (Å²) in [5, 5.41) is 3.46. The first kappa shape index (κ1) is 18.3. The zero-order chi connectivity index (χ0) is 18.9. The van der Waals surface area contributed by atoms with Crippen LogP contribution in [0.4, 0.5) is 4.79 Å². The van der Waals surface area contributed by atoms with Gasteiger partial charge in [-0.2, -0.15) is 0 Å². The first-order chi connectivity index (χ1) is 13.0. The molecule has 0 aliphatic carbocycles. The largest absolute Gasteiger partial charge is 0.441 e. The third-order valence-corrected chi connectivity index (χ3v) is 6.23. The summed E-state index contributed by atoms with van der Waals surface area (Å²) in [6, 6.07) is 8.12. The maximum Gasteiger partial charge on any atom is 0.410 e. The fourth-order valence-electron chi connectivity index (χ4n) is 4.57. The number of benzene rings is 1. The van der Waals surface area contributed by atoms with Gasteiger partial charge in [0.15, 0.2) is 0 Å². The number of ether oxygens (including phenoxy) is 1. The Morgan fingerprint density at radius 3 is 2.59 bits per heavy atom. The van der Waals surface area contributed by atoms with Crippen molar-refractivity contribution in [3.8, 4) is 0 Å². The van der Waals surface area contributed by atoms with E-state index in [0.29, 0.717) is 38.4 Å². The summed E-state index contributed by atoms with van der Waals surface area (Å²) >= 11 is 0. The van der Waals surface area contributed by atoms with E-state index in [0.717, 1.165) is 25.1 Å². The number of likely N-dealkylation sites (tertiary alicyclic amines) is 1. The van der Waals surface area contributed by atoms with Crippen LogP contribution in [0.2, 0.25) is 0 Å². The lowest BCUT2D eigenvalue weighted by Crippen LogP contribution is -2.48. The molecule has 0 saturated carbocycles. The summed E-state index contributed by atoms with van der Waals surface area (Å²) in [5.74, 6) is 0.777. The minimum atomic E-state index is -0.402. The quantitative estimate of drug-likeness (QED) is 0.886. The molecule has 3 heterocycles. The average molecular weight is 371 g/mol. The Hall–Kier alpha value is -2.08. The van der Waals surface area contributed by atoms with Crippen LogP contribution in [0.3, 0.4) is 0 Å². The molecule has 3 fully saturated rings. The molecule has 4 rings (SSSR count). The van der Waals surface area contributed by atoms with Gasteiger partial charge in [-0.15, -0.1) is 0 Å². The highest BCUT2D eigenvalue weighted by Gasteiger charge is 2.46. The van der Waals surface area contributed by atoms with Crippen molar-refractivity contribution in [2.24, 2.45) is 5.92 Å². The first-order valence-corrected chi connectivity index (χ1v) is 10.1. The number of carbonyl (C=O) groups is 2. The van der Waals surface area contributed by atoms with Gasteiger partial charge in [0.2, 0.25) is 0 Å². The van der Waals surface area contributed by atoms with Gasteiger partial charge in [0.05, 0.1) is 6.54 Å². The summed E-state index contributed by atoms with van der Waals surface area (Å²) < 4.78 is 5.57. The number of likely N-dealkylation sites (N-methyl/N-ethyl adjacent to an activating group) is 1. The predicted molar refractivity (Wildman–Crippen MR) is 103 cm³/mol. The van der Waals surface area contributed by atoms with E-state index in [9.17, 15) is 9.59 Å². The molecule has 1 aromatic rings. The molecule has 27 heavy (non-hydrogen) atoms. The molecule has 146 valence electrons. The third-order valence-electron chi connectivity index (χ3n) is 6.23. The SMILES string of the molecule is CN1CC2(CCN(C(=O)c3ccc(C[C@H]4CCCNC4)cc3)CC2)OC1=O. The first-order valence-electron chi connectivity index (χ1n) is 10.1. The molecule has 6 nitrogen and oxygen atoms in total. The number of hydrogen-bond donors (Lipinski definition) is 1. The number of nitrogens with zero attached hydrogens (tertiary/aromatic N) is 2. The average Bonchev–Trinajstić information content (AvgIpc) is 2.96. The molecule has 3 aliphatic rings. The number of nitrogens with one attached hydrogen (secondary N) is 1. The van der Waals surface area contributed by atoms with Gasteiger partial charge in [-0.05, 0) is 56.0 Å². The molecular weight excluding hydrogens is 342 g/mol. The van der Waals surface area contributed by atoms with Crippen LogP contribution >= 0.6 is 0 Å². The molecule has 1 aromatic carbocycles. The lowest BCUT2D eigenvalue weighted by Gasteiger charge is -2.37. The Morgan fingerprint density at radius 1 is 1.26 bits per heavy atom. The molecule has 3 aliphatic heterocycles. The minimum Gasteiger partial charge on any atom is -0.441 e. The minimum absolute atomic E-state index is 0.0772. The van der Waals surface area contributed by atoms with Crippen molar-refractivity contribution >= 4 is 12.0 Å². The molecule has 1 N–H and O–H groups in total. The van der Waals surface area contributed by atoms with Crippen LogP contribution in [0.1, 0.15) is 41.6 Å². The van der Waals surface area contributed by atoms with Crippen molar-refractivity contribution in [3.05, 3.63) is 35.4 Å². The van der Waals surface area contributed by atoms with Crippen LogP contribution in [0, 0.1) is 5.92 Å². The lowest BCUT2D eigenvalue weighted by atomic mass is 9.90. The van der Waals surface area contributed by atoms with E-state index in [1.165, 1.54) is 18.4 Å². The Morgan fingerprint density at radius 2 is 2.00 bits per heavy atom. The van der Waals surface area contributed by atoms with Gasteiger partial charge in [-0.1, -0.05) is 12.1 Å². The number of amides is 2. The van der Waals surface area contributed by atoms with Crippen molar-refractivity contribution in [2.45, 2.75) is 37.7 Å². The second kappa shape index (κ2) is 7.50. The third kappa shape index (κ3) is 3.95. The smallest absolute Gasteiger partial charge is 0.410 e. The van der Waals surface area contributed by atoms with Crippen molar-refractivity contribution in [1.29, 1.82) is 0 Å². The van der Waals surface area contributed by atoms with Gasteiger partial charge in [0, 0.05) is 38.5 Å². The zero-order valence-electron chi connectivity index (χ0n) is 16.1. The van der Waals surface area contributed by atoms with Gasteiger partial charge >= 0.3 is 6.09 Å². The molecule has 0 unspecified atom stereocenters. The van der Waals surface area contributed by atoms with Crippen molar-refractivity contribution in [3.63, 3.8) is 0 Å². The van der Waals surface area contributed by atoms with E-state index < -0.39 is 5.60 Å². The fraction of sp³-hybridized carbons (Fsp3) is 0.619. The standard InChI is InChI=1S/C21H29N3O3/c1-23-15-21(27-20(23)26)8-11-24(12-9-21)19(25)18-6-4-16(5-7-18)13-17-3-2-10-22-14-17/h4-7,17,22H,2-3,8-15H2,1H3/t17-/m1/s1. The van der Waals surface area contributed by atoms with Crippen LogP contribution in [0.15, 0.2) is 24.3 Å².